The Morgan fingerprint density at radius 3 is 3.00 bits per heavy atom. The van der Waals surface area contributed by atoms with E-state index in [1.807, 2.05) is 10.9 Å². The van der Waals surface area contributed by atoms with Crippen LogP contribution in [0.1, 0.15) is 0 Å². The zero-order valence-corrected chi connectivity index (χ0v) is 6.45. The molecule has 1 heterocycles. The first-order valence-corrected chi connectivity index (χ1v) is 5.15. The van der Waals surface area contributed by atoms with Gasteiger partial charge in [0, 0.05) is 4.70 Å². The average molecular weight is 152 g/mol. The zero-order chi connectivity index (χ0) is 6.10. The van der Waals surface area contributed by atoms with Gasteiger partial charge in [-0.2, -0.15) is 0 Å². The highest BCUT2D eigenvalue weighted by molar-refractivity contribution is 7.82. The number of benzene rings is 1. The molecule has 1 aromatic carbocycles. The molecule has 1 aromatic heterocycles. The van der Waals surface area contributed by atoms with E-state index in [9.17, 15) is 0 Å². The van der Waals surface area contributed by atoms with Crippen LogP contribution in [0.3, 0.4) is 0 Å². The van der Waals surface area contributed by atoms with Crippen LogP contribution in [-0.4, -0.2) is 0 Å². The van der Waals surface area contributed by atoms with Gasteiger partial charge in [0.1, 0.15) is 0 Å². The van der Waals surface area contributed by atoms with Crippen molar-refractivity contribution < 1.29 is 0 Å². The monoisotopic (exact) mass is 152 g/mol. The second-order valence-corrected chi connectivity index (χ2v) is 4.14. The summed E-state index contributed by atoms with van der Waals surface area (Å²) >= 11 is 0. The molecule has 0 aliphatic carbocycles. The predicted molar refractivity (Wildman–Crippen MR) is 44.3 cm³/mol. The molecule has 0 unspecified atom stereocenters. The van der Waals surface area contributed by atoms with Crippen LogP contribution in [0, 0.1) is 0 Å². The molecule has 0 fully saturated rings. The van der Waals surface area contributed by atoms with Gasteiger partial charge < -0.3 is 0 Å². The van der Waals surface area contributed by atoms with Gasteiger partial charge in [0.2, 0.25) is 0 Å². The molecule has 44 valence electrons. The summed E-state index contributed by atoms with van der Waals surface area (Å²) in [5.74, 6) is 2.24. The van der Waals surface area contributed by atoms with Crippen LogP contribution in [0.5, 0.6) is 0 Å². The molecule has 2 aromatic rings. The van der Waals surface area contributed by atoms with Gasteiger partial charge in [0.25, 0.3) is 0 Å². The fourth-order valence-corrected chi connectivity index (χ4v) is 3.11. The van der Waals surface area contributed by atoms with Gasteiger partial charge in [-0.15, -0.1) is 10.9 Å². The fourth-order valence-electron chi connectivity index (χ4n) is 0.810. The van der Waals surface area contributed by atoms with Crippen molar-refractivity contribution >= 4 is 28.4 Å². The van der Waals surface area contributed by atoms with Crippen LogP contribution in [0.15, 0.2) is 30.1 Å². The Labute approximate surface area is 59.0 Å². The lowest BCUT2D eigenvalue weighted by molar-refractivity contribution is 1.86. The summed E-state index contributed by atoms with van der Waals surface area (Å²) in [6.45, 7) is 0. The molecule has 9 heavy (non-hydrogen) atoms. The second kappa shape index (κ2) is 2.09. The average Bonchev–Trinajstić information content (AvgIpc) is 2.33. The molecule has 0 bridgehead atoms. The third-order valence-corrected chi connectivity index (χ3v) is 3.54. The SMILES string of the molecule is c1ccc2spcc2c1. The van der Waals surface area contributed by atoms with Gasteiger partial charge in [-0.3, -0.25) is 0 Å². The van der Waals surface area contributed by atoms with Crippen molar-refractivity contribution in [3.05, 3.63) is 30.1 Å². The minimum absolute atomic E-state index is 1.37. The maximum Gasteiger partial charge on any atom is 0.0392 e. The van der Waals surface area contributed by atoms with Crippen molar-refractivity contribution in [2.75, 3.05) is 0 Å². The molecule has 0 saturated carbocycles. The maximum absolute atomic E-state index is 2.24. The number of hydrogen-bond acceptors (Lipinski definition) is 1. The first-order valence-electron chi connectivity index (χ1n) is 2.76. The van der Waals surface area contributed by atoms with Crippen molar-refractivity contribution in [3.63, 3.8) is 0 Å². The number of rotatable bonds is 0. The Kier molecular flexibility index (Phi) is 1.25. The van der Waals surface area contributed by atoms with Gasteiger partial charge in [-0.1, -0.05) is 18.2 Å². The van der Waals surface area contributed by atoms with E-state index in [4.69, 9.17) is 0 Å². The van der Waals surface area contributed by atoms with Crippen LogP contribution in [0.4, 0.5) is 0 Å². The molecule has 0 nitrogen and oxygen atoms in total. The third kappa shape index (κ3) is 0.868. The topological polar surface area (TPSA) is 0 Å². The Bertz CT molecular complexity index is 283. The highest BCUT2D eigenvalue weighted by Gasteiger charge is 1.88. The van der Waals surface area contributed by atoms with E-state index >= 15 is 0 Å². The number of hydrogen-bond donors (Lipinski definition) is 0. The van der Waals surface area contributed by atoms with Gasteiger partial charge >= 0.3 is 0 Å². The fraction of sp³-hybridized carbons (Fsp3) is 0. The lowest BCUT2D eigenvalue weighted by Crippen LogP contribution is -1.56. The van der Waals surface area contributed by atoms with Crippen LogP contribution < -0.4 is 0 Å². The molecule has 0 N–H and O–H groups in total. The second-order valence-electron chi connectivity index (χ2n) is 1.86. The molecule has 0 spiro atoms. The summed E-state index contributed by atoms with van der Waals surface area (Å²) in [7, 11) is 3.25. The van der Waals surface area contributed by atoms with E-state index in [1.54, 1.807) is 0 Å². The van der Waals surface area contributed by atoms with Gasteiger partial charge in [0.15, 0.2) is 0 Å². The van der Waals surface area contributed by atoms with Crippen LogP contribution in [0.2, 0.25) is 0 Å². The highest BCUT2D eigenvalue weighted by Crippen LogP contribution is 2.27. The molecule has 0 radical (unpaired) electrons. The predicted octanol–water partition coefficient (Wildman–Crippen LogP) is 3.48. The molecule has 0 atom stereocenters. The van der Waals surface area contributed by atoms with Crippen molar-refractivity contribution in [2.24, 2.45) is 0 Å². The van der Waals surface area contributed by atoms with E-state index in [-0.39, 0.29) is 0 Å². The molecule has 0 aliphatic rings. The van der Waals surface area contributed by atoms with E-state index in [1.165, 1.54) is 17.5 Å². The summed E-state index contributed by atoms with van der Waals surface area (Å²) in [6, 6.07) is 8.48. The molecule has 0 amide bonds. The highest BCUT2D eigenvalue weighted by atomic mass is 32.5. The summed E-state index contributed by atoms with van der Waals surface area (Å²) < 4.78 is 1.42. The summed E-state index contributed by atoms with van der Waals surface area (Å²) in [4.78, 5) is 0. The quantitative estimate of drug-likeness (QED) is 0.542. The minimum atomic E-state index is 1.37. The van der Waals surface area contributed by atoms with Crippen LogP contribution in [0.25, 0.3) is 10.1 Å². The van der Waals surface area contributed by atoms with Crippen molar-refractivity contribution in [2.45, 2.75) is 0 Å². The van der Waals surface area contributed by atoms with Crippen molar-refractivity contribution in [3.8, 4) is 0 Å². The standard InChI is InChI=1S/C7H5PS/c1-2-4-7-6(3-1)5-8-9-7/h1-5H. The minimum Gasteiger partial charge on any atom is -0.112 e. The first-order chi connectivity index (χ1) is 4.47. The normalized spacial score (nSPS) is 11.1. The van der Waals surface area contributed by atoms with E-state index in [0.29, 0.717) is 0 Å². The molecule has 0 saturated heterocycles. The Morgan fingerprint density at radius 1 is 1.22 bits per heavy atom. The van der Waals surface area contributed by atoms with E-state index in [2.05, 4.69) is 30.1 Å². The summed E-state index contributed by atoms with van der Waals surface area (Å²) in [6.07, 6.45) is 0. The molecule has 0 aliphatic heterocycles. The van der Waals surface area contributed by atoms with E-state index in [0.717, 1.165) is 0 Å². The molecule has 2 rings (SSSR count). The largest absolute Gasteiger partial charge is 0.112 e. The van der Waals surface area contributed by atoms with E-state index < -0.39 is 0 Å². The zero-order valence-electron chi connectivity index (χ0n) is 4.74. The van der Waals surface area contributed by atoms with Gasteiger partial charge in [-0.25, -0.2) is 0 Å². The Morgan fingerprint density at radius 2 is 2.11 bits per heavy atom. The summed E-state index contributed by atoms with van der Waals surface area (Å²) in [5, 5.41) is 1.39. The lowest BCUT2D eigenvalue weighted by atomic mass is 10.3. The van der Waals surface area contributed by atoms with Crippen LogP contribution >= 0.6 is 18.3 Å². The smallest absolute Gasteiger partial charge is 0.0392 e. The Hall–Kier alpha value is -0.390. The van der Waals surface area contributed by atoms with Gasteiger partial charge in [-0.05, 0) is 24.6 Å². The lowest BCUT2D eigenvalue weighted by Gasteiger charge is -1.81. The maximum atomic E-state index is 2.24. The van der Waals surface area contributed by atoms with Crippen molar-refractivity contribution in [1.29, 1.82) is 0 Å². The molecular weight excluding hydrogens is 147 g/mol. The Balaban J connectivity index is 2.95. The molecular formula is C7H5PS. The first kappa shape index (κ1) is 5.40. The van der Waals surface area contributed by atoms with Gasteiger partial charge in [0.05, 0.1) is 0 Å². The number of fused-ring (bicyclic) bond motifs is 1. The van der Waals surface area contributed by atoms with Crippen LogP contribution in [-0.2, 0) is 0 Å². The van der Waals surface area contributed by atoms with Crippen molar-refractivity contribution in [1.82, 2.24) is 0 Å². The third-order valence-electron chi connectivity index (χ3n) is 1.26. The molecule has 2 heteroatoms. The summed E-state index contributed by atoms with van der Waals surface area (Å²) in [5.41, 5.74) is 0.